The Hall–Kier alpha value is -3.15. The second-order valence-corrected chi connectivity index (χ2v) is 6.76. The lowest BCUT2D eigenvalue weighted by Crippen LogP contribution is -2.45. The first-order valence-corrected chi connectivity index (χ1v) is 9.64. The zero-order chi connectivity index (χ0) is 20.1. The van der Waals surface area contributed by atoms with E-state index in [9.17, 15) is 14.4 Å². The zero-order valence-corrected chi connectivity index (χ0v) is 16.2. The van der Waals surface area contributed by atoms with Crippen LogP contribution in [0.2, 0.25) is 0 Å². The summed E-state index contributed by atoms with van der Waals surface area (Å²) < 4.78 is 2.68. The molecule has 0 aliphatic heterocycles. The summed E-state index contributed by atoms with van der Waals surface area (Å²) in [6.07, 6.45) is 1.26. The fourth-order valence-corrected chi connectivity index (χ4v) is 3.39. The molecule has 1 heterocycles. The van der Waals surface area contributed by atoms with Crippen LogP contribution >= 0.6 is 0 Å². The van der Waals surface area contributed by atoms with Crippen molar-refractivity contribution < 1.29 is 4.79 Å². The highest BCUT2D eigenvalue weighted by Crippen LogP contribution is 2.17. The standard InChI is InChI=1S/C22H25N3O3/c1-3-14-23-20(26)18(4-2)25-19-13-9-8-12-17(19)21(27)24(22(25)28)15-16-10-6-5-7-11-16/h5-13,18H,3-4,14-15H2,1-2H3,(H,23,26)/t18-/m1/s1. The molecule has 6 heteroatoms. The third-order valence-corrected chi connectivity index (χ3v) is 4.81. The topological polar surface area (TPSA) is 73.1 Å². The number of hydrogen-bond donors (Lipinski definition) is 1. The predicted molar refractivity (Wildman–Crippen MR) is 111 cm³/mol. The summed E-state index contributed by atoms with van der Waals surface area (Å²) in [4.78, 5) is 39.1. The van der Waals surface area contributed by atoms with Crippen molar-refractivity contribution in [3.8, 4) is 0 Å². The van der Waals surface area contributed by atoms with Crippen LogP contribution < -0.4 is 16.6 Å². The number of aromatic nitrogens is 2. The maximum atomic E-state index is 13.3. The van der Waals surface area contributed by atoms with Gasteiger partial charge in [-0.15, -0.1) is 0 Å². The van der Waals surface area contributed by atoms with E-state index in [2.05, 4.69) is 5.32 Å². The average molecular weight is 379 g/mol. The molecule has 28 heavy (non-hydrogen) atoms. The van der Waals surface area contributed by atoms with Crippen LogP contribution in [0.5, 0.6) is 0 Å². The van der Waals surface area contributed by atoms with Crippen LogP contribution in [-0.4, -0.2) is 21.6 Å². The van der Waals surface area contributed by atoms with Crippen molar-refractivity contribution in [1.82, 2.24) is 14.5 Å². The molecule has 146 valence electrons. The first-order chi connectivity index (χ1) is 13.6. The third kappa shape index (κ3) is 3.76. The fourth-order valence-electron chi connectivity index (χ4n) is 3.39. The summed E-state index contributed by atoms with van der Waals surface area (Å²) in [5.41, 5.74) is 0.530. The van der Waals surface area contributed by atoms with Crippen LogP contribution in [-0.2, 0) is 11.3 Å². The largest absolute Gasteiger partial charge is 0.354 e. The van der Waals surface area contributed by atoms with E-state index in [-0.39, 0.29) is 18.0 Å². The van der Waals surface area contributed by atoms with Crippen molar-refractivity contribution >= 4 is 16.8 Å². The monoisotopic (exact) mass is 379 g/mol. The Labute approximate surface area is 163 Å². The maximum Gasteiger partial charge on any atom is 0.332 e. The highest BCUT2D eigenvalue weighted by Gasteiger charge is 2.24. The lowest BCUT2D eigenvalue weighted by atomic mass is 10.1. The van der Waals surface area contributed by atoms with Crippen LogP contribution in [0.4, 0.5) is 0 Å². The Kier molecular flexibility index (Phi) is 6.09. The van der Waals surface area contributed by atoms with Gasteiger partial charge in [0.1, 0.15) is 6.04 Å². The molecule has 0 spiro atoms. The molecule has 1 amide bonds. The Morgan fingerprint density at radius 3 is 2.36 bits per heavy atom. The molecule has 0 unspecified atom stereocenters. The van der Waals surface area contributed by atoms with Crippen LogP contribution in [0.1, 0.15) is 38.3 Å². The molecule has 1 atom stereocenters. The number of rotatable bonds is 7. The summed E-state index contributed by atoms with van der Waals surface area (Å²) >= 11 is 0. The smallest absolute Gasteiger partial charge is 0.332 e. The van der Waals surface area contributed by atoms with Gasteiger partial charge in [-0.05, 0) is 30.5 Å². The SMILES string of the molecule is CCCNC(=O)[C@@H](CC)n1c(=O)n(Cc2ccccc2)c(=O)c2ccccc21. The van der Waals surface area contributed by atoms with Crippen molar-refractivity contribution in [2.45, 2.75) is 39.3 Å². The minimum atomic E-state index is -0.674. The molecule has 0 saturated carbocycles. The van der Waals surface area contributed by atoms with Gasteiger partial charge in [-0.1, -0.05) is 56.3 Å². The number of carbonyl (C=O) groups excluding carboxylic acids is 1. The number of para-hydroxylation sites is 1. The van der Waals surface area contributed by atoms with Gasteiger partial charge in [0, 0.05) is 6.54 Å². The average Bonchev–Trinajstić information content (AvgIpc) is 2.73. The maximum absolute atomic E-state index is 13.3. The number of benzene rings is 2. The molecule has 0 saturated heterocycles. The molecule has 1 N–H and O–H groups in total. The van der Waals surface area contributed by atoms with Gasteiger partial charge in [-0.25, -0.2) is 4.79 Å². The van der Waals surface area contributed by atoms with Crippen molar-refractivity contribution in [3.05, 3.63) is 81.0 Å². The van der Waals surface area contributed by atoms with Gasteiger partial charge < -0.3 is 5.32 Å². The summed E-state index contributed by atoms with van der Waals surface area (Å²) in [6, 6.07) is 15.7. The molecule has 0 bridgehead atoms. The van der Waals surface area contributed by atoms with E-state index in [1.165, 1.54) is 9.13 Å². The quantitative estimate of drug-likeness (QED) is 0.686. The summed E-state index contributed by atoms with van der Waals surface area (Å²) in [6.45, 7) is 4.55. The lowest BCUT2D eigenvalue weighted by Gasteiger charge is -2.21. The molecule has 3 rings (SSSR count). The molecule has 0 aliphatic rings. The predicted octanol–water partition coefficient (Wildman–Crippen LogP) is 2.69. The Balaban J connectivity index is 2.22. The van der Waals surface area contributed by atoms with Gasteiger partial charge in [-0.2, -0.15) is 0 Å². The Morgan fingerprint density at radius 1 is 1.00 bits per heavy atom. The van der Waals surface area contributed by atoms with Crippen LogP contribution in [0, 0.1) is 0 Å². The van der Waals surface area contributed by atoms with Crippen molar-refractivity contribution in [1.29, 1.82) is 0 Å². The molecular formula is C22H25N3O3. The summed E-state index contributed by atoms with van der Waals surface area (Å²) in [5, 5.41) is 3.30. The Bertz CT molecular complexity index is 1080. The van der Waals surface area contributed by atoms with Gasteiger partial charge in [-0.3, -0.25) is 18.7 Å². The normalized spacial score (nSPS) is 12.1. The molecule has 1 aromatic heterocycles. The van der Waals surface area contributed by atoms with E-state index in [0.717, 1.165) is 12.0 Å². The molecule has 0 aliphatic carbocycles. The lowest BCUT2D eigenvalue weighted by molar-refractivity contribution is -0.124. The van der Waals surface area contributed by atoms with Crippen LogP contribution in [0.15, 0.2) is 64.2 Å². The van der Waals surface area contributed by atoms with Gasteiger partial charge in [0.2, 0.25) is 5.91 Å². The van der Waals surface area contributed by atoms with Gasteiger partial charge in [0.25, 0.3) is 5.56 Å². The van der Waals surface area contributed by atoms with Gasteiger partial charge in [0.15, 0.2) is 0 Å². The van der Waals surface area contributed by atoms with Crippen molar-refractivity contribution in [3.63, 3.8) is 0 Å². The van der Waals surface area contributed by atoms with Crippen LogP contribution in [0.3, 0.4) is 0 Å². The molecular weight excluding hydrogens is 354 g/mol. The first-order valence-electron chi connectivity index (χ1n) is 9.64. The molecule has 0 fully saturated rings. The number of amides is 1. The molecule has 2 aromatic carbocycles. The van der Waals surface area contributed by atoms with E-state index in [4.69, 9.17) is 0 Å². The molecule has 6 nitrogen and oxygen atoms in total. The van der Waals surface area contributed by atoms with E-state index in [1.54, 1.807) is 24.3 Å². The first kappa shape index (κ1) is 19.6. The van der Waals surface area contributed by atoms with Crippen molar-refractivity contribution in [2.75, 3.05) is 6.54 Å². The van der Waals surface area contributed by atoms with Gasteiger partial charge in [0.05, 0.1) is 17.4 Å². The number of hydrogen-bond acceptors (Lipinski definition) is 3. The van der Waals surface area contributed by atoms with Crippen LogP contribution in [0.25, 0.3) is 10.9 Å². The van der Waals surface area contributed by atoms with E-state index in [0.29, 0.717) is 23.9 Å². The van der Waals surface area contributed by atoms with Crippen molar-refractivity contribution in [2.24, 2.45) is 0 Å². The van der Waals surface area contributed by atoms with E-state index in [1.807, 2.05) is 44.2 Å². The number of nitrogens with zero attached hydrogens (tertiary/aromatic N) is 2. The summed E-state index contributed by atoms with van der Waals surface area (Å²) in [7, 11) is 0. The molecule has 0 radical (unpaired) electrons. The third-order valence-electron chi connectivity index (χ3n) is 4.81. The van der Waals surface area contributed by atoms with Gasteiger partial charge >= 0.3 is 5.69 Å². The zero-order valence-electron chi connectivity index (χ0n) is 16.2. The Morgan fingerprint density at radius 2 is 1.68 bits per heavy atom. The minimum Gasteiger partial charge on any atom is -0.354 e. The number of carbonyl (C=O) groups is 1. The highest BCUT2D eigenvalue weighted by atomic mass is 16.2. The number of nitrogens with one attached hydrogen (secondary N) is 1. The second kappa shape index (κ2) is 8.69. The fraction of sp³-hybridized carbons (Fsp3) is 0.318. The summed E-state index contributed by atoms with van der Waals surface area (Å²) in [5.74, 6) is -0.207. The highest BCUT2D eigenvalue weighted by molar-refractivity contribution is 5.84. The molecule has 3 aromatic rings. The van der Waals surface area contributed by atoms with E-state index < -0.39 is 11.7 Å². The minimum absolute atomic E-state index is 0.163. The van der Waals surface area contributed by atoms with E-state index >= 15 is 0 Å². The second-order valence-electron chi connectivity index (χ2n) is 6.76. The number of fused-ring (bicyclic) bond motifs is 1.